The van der Waals surface area contributed by atoms with Crippen molar-refractivity contribution >= 4 is 74.7 Å². The molecule has 0 radical (unpaired) electrons. The van der Waals surface area contributed by atoms with Gasteiger partial charge < -0.3 is 5.32 Å². The van der Waals surface area contributed by atoms with E-state index in [9.17, 15) is 14.9 Å². The number of nitro benzene ring substituents is 1. The van der Waals surface area contributed by atoms with Crippen molar-refractivity contribution in [3.05, 3.63) is 65.9 Å². The smallest absolute Gasteiger partial charge is 0.294 e. The fraction of sp³-hybridized carbons (Fsp3) is 0.348. The van der Waals surface area contributed by atoms with E-state index in [2.05, 4.69) is 12.2 Å². The van der Waals surface area contributed by atoms with Gasteiger partial charge in [-0.25, -0.2) is 9.97 Å². The zero-order chi connectivity index (χ0) is 24.8. The first-order valence-corrected chi connectivity index (χ1v) is 12.0. The van der Waals surface area contributed by atoms with Crippen molar-refractivity contribution in [2.45, 2.75) is 44.4 Å². The summed E-state index contributed by atoms with van der Waals surface area (Å²) >= 11 is 24.5. The summed E-state index contributed by atoms with van der Waals surface area (Å²) in [5, 5.41) is 15.2. The predicted octanol–water partition coefficient (Wildman–Crippen LogP) is 7.12. The first-order valence-electron chi connectivity index (χ1n) is 10.5. The van der Waals surface area contributed by atoms with Gasteiger partial charge in [-0.3, -0.25) is 14.9 Å². The lowest BCUT2D eigenvalue weighted by atomic mass is 9.63. The molecule has 2 unspecified atom stereocenters. The number of fused-ring (bicyclic) bond motifs is 6. The largest absolute Gasteiger partial charge is 0.319 e. The Morgan fingerprint density at radius 2 is 1.44 bits per heavy atom. The quantitative estimate of drug-likeness (QED) is 0.282. The van der Waals surface area contributed by atoms with Crippen molar-refractivity contribution in [2.24, 2.45) is 5.41 Å². The zero-order valence-electron chi connectivity index (χ0n) is 18.3. The molecule has 1 saturated carbocycles. The van der Waals surface area contributed by atoms with Gasteiger partial charge in [0.2, 0.25) is 5.91 Å². The van der Waals surface area contributed by atoms with Gasteiger partial charge >= 0.3 is 0 Å². The lowest BCUT2D eigenvalue weighted by molar-refractivity contribution is -0.383. The molecule has 1 N–H and O–H groups in total. The standard InChI is InChI=1S/C23H18Cl4N4O3/c1-21(2)22(3)4-5-23(21,19-18(22)28-14-6-10(24)11(25)7-15(14)29-19)20(32)30-16-8-12(26)13(27)9-17(16)31(33)34/h6-9H,4-5H2,1-3H3,(H,30,32). The lowest BCUT2D eigenvalue weighted by Crippen LogP contribution is -2.48. The zero-order valence-corrected chi connectivity index (χ0v) is 21.3. The van der Waals surface area contributed by atoms with Crippen molar-refractivity contribution in [3.8, 4) is 0 Å². The highest BCUT2D eigenvalue weighted by Crippen LogP contribution is 2.70. The normalized spacial score (nSPS) is 24.3. The highest BCUT2D eigenvalue weighted by molar-refractivity contribution is 6.43. The Morgan fingerprint density at radius 1 is 0.912 bits per heavy atom. The van der Waals surface area contributed by atoms with E-state index in [1.165, 1.54) is 6.07 Å². The fourth-order valence-corrected chi connectivity index (χ4v) is 6.26. The van der Waals surface area contributed by atoms with Gasteiger partial charge in [0.05, 0.1) is 52.9 Å². The van der Waals surface area contributed by atoms with E-state index in [1.807, 2.05) is 13.8 Å². The summed E-state index contributed by atoms with van der Waals surface area (Å²) in [4.78, 5) is 34.8. The molecule has 2 aliphatic rings. The number of hydrogen-bond donors (Lipinski definition) is 1. The second kappa shape index (κ2) is 7.40. The summed E-state index contributed by atoms with van der Waals surface area (Å²) in [5.74, 6) is -0.407. The number of carbonyl (C=O) groups excluding carboxylic acids is 1. The van der Waals surface area contributed by atoms with Crippen molar-refractivity contribution in [1.82, 2.24) is 9.97 Å². The molecule has 34 heavy (non-hydrogen) atoms. The number of benzene rings is 2. The molecular weight excluding hydrogens is 522 g/mol. The molecule has 1 amide bonds. The molecule has 0 saturated heterocycles. The van der Waals surface area contributed by atoms with Crippen LogP contribution in [0.25, 0.3) is 11.0 Å². The van der Waals surface area contributed by atoms with Crippen LogP contribution >= 0.6 is 46.4 Å². The topological polar surface area (TPSA) is 98.0 Å². The molecule has 2 aromatic carbocycles. The number of aromatic nitrogens is 2. The molecule has 1 fully saturated rings. The van der Waals surface area contributed by atoms with Gasteiger partial charge in [-0.05, 0) is 36.5 Å². The van der Waals surface area contributed by atoms with Crippen LogP contribution in [-0.4, -0.2) is 20.8 Å². The number of amides is 1. The molecule has 0 spiro atoms. The Labute approximate surface area is 214 Å². The number of nitrogens with zero attached hydrogens (tertiary/aromatic N) is 3. The van der Waals surface area contributed by atoms with Crippen molar-refractivity contribution in [2.75, 3.05) is 5.32 Å². The van der Waals surface area contributed by atoms with Gasteiger partial charge in [0.25, 0.3) is 5.69 Å². The van der Waals surface area contributed by atoms with Crippen LogP contribution in [0.2, 0.25) is 20.1 Å². The summed E-state index contributed by atoms with van der Waals surface area (Å²) in [5.41, 5.74) is -0.0994. The molecular formula is C23H18Cl4N4O3. The van der Waals surface area contributed by atoms with Gasteiger partial charge in [0, 0.05) is 11.5 Å². The van der Waals surface area contributed by atoms with Gasteiger partial charge in [0.15, 0.2) is 0 Å². The van der Waals surface area contributed by atoms with E-state index in [-0.39, 0.29) is 21.4 Å². The number of nitro groups is 1. The molecule has 2 bridgehead atoms. The number of nitrogens with one attached hydrogen (secondary N) is 1. The third-order valence-electron chi connectivity index (χ3n) is 7.95. The molecule has 5 rings (SSSR count). The summed E-state index contributed by atoms with van der Waals surface area (Å²) in [6.07, 6.45) is 1.21. The number of rotatable bonds is 3. The van der Waals surface area contributed by atoms with Crippen LogP contribution in [0.5, 0.6) is 0 Å². The molecule has 2 aliphatic carbocycles. The van der Waals surface area contributed by atoms with Crippen molar-refractivity contribution in [1.29, 1.82) is 0 Å². The first-order chi connectivity index (χ1) is 15.8. The fourth-order valence-electron chi connectivity index (χ4n) is 5.62. The summed E-state index contributed by atoms with van der Waals surface area (Å²) in [7, 11) is 0. The highest BCUT2D eigenvalue weighted by atomic mass is 35.5. The van der Waals surface area contributed by atoms with E-state index in [1.54, 1.807) is 12.1 Å². The predicted molar refractivity (Wildman–Crippen MR) is 133 cm³/mol. The van der Waals surface area contributed by atoms with Crippen LogP contribution < -0.4 is 5.32 Å². The SMILES string of the molecule is CC12CCC(C(=O)Nc3cc(Cl)c(Cl)cc3[N+](=O)[O-])(c3nc4cc(Cl)c(Cl)cc4nc31)C2(C)C. The van der Waals surface area contributed by atoms with Crippen LogP contribution in [0.15, 0.2) is 24.3 Å². The molecule has 11 heteroatoms. The van der Waals surface area contributed by atoms with Gasteiger partial charge in [-0.1, -0.05) is 67.2 Å². The maximum atomic E-state index is 14.0. The minimum atomic E-state index is -1.08. The molecule has 1 heterocycles. The Morgan fingerprint density at radius 3 is 2.03 bits per heavy atom. The minimum Gasteiger partial charge on any atom is -0.319 e. The van der Waals surface area contributed by atoms with Crippen molar-refractivity contribution < 1.29 is 9.72 Å². The summed E-state index contributed by atoms with van der Waals surface area (Å²) < 4.78 is 0. The Hall–Kier alpha value is -2.19. The molecule has 0 aliphatic heterocycles. The van der Waals surface area contributed by atoms with Crippen LogP contribution in [-0.2, 0) is 15.6 Å². The number of anilines is 1. The number of carbonyl (C=O) groups is 1. The molecule has 1 aromatic heterocycles. The second-order valence-corrected chi connectivity index (χ2v) is 11.2. The maximum Gasteiger partial charge on any atom is 0.294 e. The van der Waals surface area contributed by atoms with Gasteiger partial charge in [-0.2, -0.15) is 0 Å². The third kappa shape index (κ3) is 2.87. The Kier molecular flexibility index (Phi) is 5.13. The summed E-state index contributed by atoms with van der Waals surface area (Å²) in [6.45, 7) is 6.10. The van der Waals surface area contributed by atoms with E-state index in [0.29, 0.717) is 39.6 Å². The van der Waals surface area contributed by atoms with Crippen LogP contribution in [0.1, 0.15) is 45.0 Å². The first kappa shape index (κ1) is 23.5. The van der Waals surface area contributed by atoms with E-state index >= 15 is 0 Å². The highest BCUT2D eigenvalue weighted by Gasteiger charge is 2.73. The van der Waals surface area contributed by atoms with E-state index < -0.39 is 27.1 Å². The van der Waals surface area contributed by atoms with Gasteiger partial charge in [-0.15, -0.1) is 0 Å². The third-order valence-corrected chi connectivity index (χ3v) is 9.39. The monoisotopic (exact) mass is 538 g/mol. The molecule has 3 aromatic rings. The number of halogens is 4. The average Bonchev–Trinajstić information content (AvgIpc) is 3.05. The second-order valence-electron chi connectivity index (χ2n) is 9.53. The number of hydrogen-bond acceptors (Lipinski definition) is 5. The lowest BCUT2D eigenvalue weighted by Gasteiger charge is -2.39. The molecule has 2 atom stereocenters. The van der Waals surface area contributed by atoms with Crippen LogP contribution in [0, 0.1) is 15.5 Å². The average molecular weight is 540 g/mol. The van der Waals surface area contributed by atoms with Crippen LogP contribution in [0.3, 0.4) is 0 Å². The Bertz CT molecular complexity index is 1440. The van der Waals surface area contributed by atoms with Gasteiger partial charge in [0.1, 0.15) is 5.69 Å². The summed E-state index contributed by atoms with van der Waals surface area (Å²) in [6, 6.07) is 5.72. The maximum absolute atomic E-state index is 14.0. The van der Waals surface area contributed by atoms with Crippen molar-refractivity contribution in [3.63, 3.8) is 0 Å². The van der Waals surface area contributed by atoms with Crippen LogP contribution in [0.4, 0.5) is 11.4 Å². The Balaban J connectivity index is 1.70. The van der Waals surface area contributed by atoms with E-state index in [4.69, 9.17) is 56.4 Å². The minimum absolute atomic E-state index is 0.0254. The molecule has 7 nitrogen and oxygen atoms in total. The van der Waals surface area contributed by atoms with E-state index in [0.717, 1.165) is 11.8 Å². The molecule has 176 valence electrons.